The van der Waals surface area contributed by atoms with Crippen molar-refractivity contribution in [3.05, 3.63) is 27.7 Å². The van der Waals surface area contributed by atoms with Crippen molar-refractivity contribution in [3.8, 4) is 0 Å². The SMILES string of the molecule is Cc1ncsc1CN1CCC(Nc2nccs2)(C(=O)NC2CC2)CC1. The Hall–Kier alpha value is -1.51. The van der Waals surface area contributed by atoms with Crippen LogP contribution in [0.2, 0.25) is 0 Å². The number of amides is 1. The zero-order valence-corrected chi connectivity index (χ0v) is 16.0. The Labute approximate surface area is 155 Å². The molecule has 6 nitrogen and oxygen atoms in total. The second kappa shape index (κ2) is 7.01. The van der Waals surface area contributed by atoms with Crippen LogP contribution in [-0.2, 0) is 11.3 Å². The molecule has 1 saturated carbocycles. The molecule has 1 amide bonds. The molecule has 1 aliphatic heterocycles. The van der Waals surface area contributed by atoms with E-state index >= 15 is 0 Å². The molecule has 0 bridgehead atoms. The van der Waals surface area contributed by atoms with Crippen LogP contribution in [0.3, 0.4) is 0 Å². The van der Waals surface area contributed by atoms with Gasteiger partial charge in [0.05, 0.1) is 11.2 Å². The molecule has 0 unspecified atom stereocenters. The maximum Gasteiger partial charge on any atom is 0.246 e. The van der Waals surface area contributed by atoms with E-state index in [1.165, 1.54) is 4.88 Å². The number of carbonyl (C=O) groups excluding carboxylic acids is 1. The van der Waals surface area contributed by atoms with Gasteiger partial charge in [-0.15, -0.1) is 22.7 Å². The minimum absolute atomic E-state index is 0.138. The first-order chi connectivity index (χ1) is 12.1. The van der Waals surface area contributed by atoms with Crippen molar-refractivity contribution >= 4 is 33.7 Å². The molecule has 2 N–H and O–H groups in total. The quantitative estimate of drug-likeness (QED) is 0.810. The number of piperidine rings is 1. The van der Waals surface area contributed by atoms with Crippen LogP contribution in [0.15, 0.2) is 17.1 Å². The molecular formula is C17H23N5OS2. The molecule has 8 heteroatoms. The van der Waals surface area contributed by atoms with E-state index in [2.05, 4.69) is 32.4 Å². The van der Waals surface area contributed by atoms with Gasteiger partial charge in [0, 0.05) is 42.1 Å². The van der Waals surface area contributed by atoms with Crippen LogP contribution in [0, 0.1) is 6.92 Å². The lowest BCUT2D eigenvalue weighted by Crippen LogP contribution is -2.58. The molecule has 2 aliphatic rings. The van der Waals surface area contributed by atoms with Crippen LogP contribution in [0.25, 0.3) is 0 Å². The zero-order valence-electron chi connectivity index (χ0n) is 14.3. The molecule has 0 radical (unpaired) electrons. The first-order valence-corrected chi connectivity index (χ1v) is 10.5. The van der Waals surface area contributed by atoms with Gasteiger partial charge >= 0.3 is 0 Å². The Kier molecular flexibility index (Phi) is 4.75. The van der Waals surface area contributed by atoms with Crippen LogP contribution < -0.4 is 10.6 Å². The van der Waals surface area contributed by atoms with E-state index in [4.69, 9.17) is 0 Å². The summed E-state index contributed by atoms with van der Waals surface area (Å²) in [6, 6.07) is 0.375. The minimum atomic E-state index is -0.542. The smallest absolute Gasteiger partial charge is 0.246 e. The molecular weight excluding hydrogens is 354 g/mol. The van der Waals surface area contributed by atoms with Gasteiger partial charge in [0.2, 0.25) is 5.91 Å². The summed E-state index contributed by atoms with van der Waals surface area (Å²) in [5, 5.41) is 9.42. The normalized spacial score (nSPS) is 20.4. The number of thiazole rings is 2. The van der Waals surface area contributed by atoms with E-state index in [9.17, 15) is 4.79 Å². The Morgan fingerprint density at radius 3 is 2.72 bits per heavy atom. The van der Waals surface area contributed by atoms with Gasteiger partial charge in [-0.25, -0.2) is 9.97 Å². The van der Waals surface area contributed by atoms with Crippen molar-refractivity contribution < 1.29 is 4.79 Å². The third kappa shape index (κ3) is 3.86. The predicted molar refractivity (Wildman–Crippen MR) is 101 cm³/mol. The van der Waals surface area contributed by atoms with E-state index < -0.39 is 5.54 Å². The maximum atomic E-state index is 13.0. The van der Waals surface area contributed by atoms with Gasteiger partial charge in [-0.2, -0.15) is 0 Å². The fourth-order valence-corrected chi connectivity index (χ4v) is 4.67. The van der Waals surface area contributed by atoms with Crippen molar-refractivity contribution in [1.82, 2.24) is 20.2 Å². The highest BCUT2D eigenvalue weighted by atomic mass is 32.1. The summed E-state index contributed by atoms with van der Waals surface area (Å²) >= 11 is 3.26. The van der Waals surface area contributed by atoms with Gasteiger partial charge in [-0.3, -0.25) is 9.69 Å². The minimum Gasteiger partial charge on any atom is -0.351 e. The molecule has 25 heavy (non-hydrogen) atoms. The standard InChI is InChI=1S/C17H23N5OS2/c1-12-14(25-11-19-12)10-22-7-4-17(5-8-22,15(23)20-13-2-3-13)21-16-18-6-9-24-16/h6,9,11,13H,2-5,7-8,10H2,1H3,(H,18,21)(H,20,23). The Bertz CT molecular complexity index is 717. The van der Waals surface area contributed by atoms with Gasteiger partial charge in [0.15, 0.2) is 5.13 Å². The van der Waals surface area contributed by atoms with Gasteiger partial charge < -0.3 is 10.6 Å². The molecule has 3 heterocycles. The number of likely N-dealkylation sites (tertiary alicyclic amines) is 1. The molecule has 0 aromatic carbocycles. The van der Waals surface area contributed by atoms with E-state index in [0.29, 0.717) is 6.04 Å². The average Bonchev–Trinajstić information content (AvgIpc) is 3.11. The summed E-state index contributed by atoms with van der Waals surface area (Å²) in [4.78, 5) is 25.4. The second-order valence-electron chi connectivity index (χ2n) is 6.93. The number of aryl methyl sites for hydroxylation is 1. The number of rotatable bonds is 6. The number of hydrogen-bond donors (Lipinski definition) is 2. The third-order valence-electron chi connectivity index (χ3n) is 5.05. The summed E-state index contributed by atoms with van der Waals surface area (Å²) in [5.41, 5.74) is 2.49. The Morgan fingerprint density at radius 2 is 2.12 bits per heavy atom. The van der Waals surface area contributed by atoms with Crippen molar-refractivity contribution in [2.45, 2.75) is 50.7 Å². The van der Waals surface area contributed by atoms with Crippen molar-refractivity contribution in [3.63, 3.8) is 0 Å². The van der Waals surface area contributed by atoms with Crippen LogP contribution in [0.4, 0.5) is 5.13 Å². The third-order valence-corrected chi connectivity index (χ3v) is 6.66. The fourth-order valence-electron chi connectivity index (χ4n) is 3.22. The largest absolute Gasteiger partial charge is 0.351 e. The molecule has 2 aromatic rings. The number of hydrogen-bond acceptors (Lipinski definition) is 7. The lowest BCUT2D eigenvalue weighted by Gasteiger charge is -2.41. The number of anilines is 1. The highest BCUT2D eigenvalue weighted by Gasteiger charge is 2.43. The van der Waals surface area contributed by atoms with Crippen molar-refractivity contribution in [1.29, 1.82) is 0 Å². The van der Waals surface area contributed by atoms with Crippen LogP contribution >= 0.6 is 22.7 Å². The van der Waals surface area contributed by atoms with Gasteiger partial charge in [0.1, 0.15) is 5.54 Å². The highest BCUT2D eigenvalue weighted by molar-refractivity contribution is 7.13. The van der Waals surface area contributed by atoms with Crippen molar-refractivity contribution in [2.75, 3.05) is 18.4 Å². The van der Waals surface area contributed by atoms with Crippen LogP contribution in [0.1, 0.15) is 36.3 Å². The van der Waals surface area contributed by atoms with Gasteiger partial charge in [0.25, 0.3) is 0 Å². The molecule has 2 fully saturated rings. The van der Waals surface area contributed by atoms with Crippen LogP contribution in [-0.4, -0.2) is 45.4 Å². The van der Waals surface area contributed by atoms with Gasteiger partial charge in [-0.1, -0.05) is 0 Å². The van der Waals surface area contributed by atoms with Gasteiger partial charge in [-0.05, 0) is 32.6 Å². The Morgan fingerprint density at radius 1 is 1.32 bits per heavy atom. The zero-order chi connectivity index (χ0) is 17.3. The second-order valence-corrected chi connectivity index (χ2v) is 8.76. The van der Waals surface area contributed by atoms with Crippen molar-refractivity contribution in [2.24, 2.45) is 0 Å². The van der Waals surface area contributed by atoms with E-state index in [-0.39, 0.29) is 5.91 Å². The van der Waals surface area contributed by atoms with E-state index in [1.807, 2.05) is 10.9 Å². The maximum absolute atomic E-state index is 13.0. The first kappa shape index (κ1) is 16.9. The molecule has 1 aliphatic carbocycles. The first-order valence-electron chi connectivity index (χ1n) is 8.75. The number of aromatic nitrogens is 2. The summed E-state index contributed by atoms with van der Waals surface area (Å²) in [6.45, 7) is 4.78. The molecule has 0 atom stereocenters. The number of carbonyl (C=O) groups is 1. The molecule has 134 valence electrons. The van der Waals surface area contributed by atoms with E-state index in [0.717, 1.165) is 56.1 Å². The Balaban J connectivity index is 1.44. The lowest BCUT2D eigenvalue weighted by atomic mass is 9.86. The molecule has 0 spiro atoms. The molecule has 1 saturated heterocycles. The summed E-state index contributed by atoms with van der Waals surface area (Å²) < 4.78 is 0. The number of nitrogens with one attached hydrogen (secondary N) is 2. The monoisotopic (exact) mass is 377 g/mol. The van der Waals surface area contributed by atoms with Crippen LogP contribution in [0.5, 0.6) is 0 Å². The average molecular weight is 378 g/mol. The fraction of sp³-hybridized carbons (Fsp3) is 0.588. The lowest BCUT2D eigenvalue weighted by molar-refractivity contribution is -0.127. The summed E-state index contributed by atoms with van der Waals surface area (Å²) in [7, 11) is 0. The molecule has 4 rings (SSSR count). The predicted octanol–water partition coefficient (Wildman–Crippen LogP) is 2.63. The topological polar surface area (TPSA) is 70.2 Å². The number of nitrogens with zero attached hydrogens (tertiary/aromatic N) is 3. The highest BCUT2D eigenvalue weighted by Crippen LogP contribution is 2.31. The summed E-state index contributed by atoms with van der Waals surface area (Å²) in [5.74, 6) is 0.138. The molecule has 2 aromatic heterocycles. The summed E-state index contributed by atoms with van der Waals surface area (Å²) in [6.07, 6.45) is 5.58. The van der Waals surface area contributed by atoms with E-state index in [1.54, 1.807) is 28.9 Å².